The van der Waals surface area contributed by atoms with Crippen molar-refractivity contribution in [1.82, 2.24) is 15.3 Å². The summed E-state index contributed by atoms with van der Waals surface area (Å²) in [6, 6.07) is 3.28. The molecular weight excluding hydrogens is 321 g/mol. The van der Waals surface area contributed by atoms with Crippen molar-refractivity contribution in [1.29, 1.82) is 0 Å². The van der Waals surface area contributed by atoms with Crippen LogP contribution in [0.15, 0.2) is 16.6 Å². The number of piperidine rings is 1. The molecule has 3 nitrogen and oxygen atoms in total. The van der Waals surface area contributed by atoms with Gasteiger partial charge in [-0.15, -0.1) is 0 Å². The van der Waals surface area contributed by atoms with Gasteiger partial charge in [-0.25, -0.2) is 9.37 Å². The third-order valence-corrected chi connectivity index (χ3v) is 4.92. The molecule has 1 saturated heterocycles. The molecule has 0 atom stereocenters. The molecule has 1 aliphatic heterocycles. The maximum atomic E-state index is 13.6. The van der Waals surface area contributed by atoms with Crippen molar-refractivity contribution < 1.29 is 4.39 Å². The molecular formula is C15H19BrFN3. The third-order valence-electron chi connectivity index (χ3n) is 4.32. The standard InChI is InChI=1S/C15H19BrFN3/c1-2-3-15(4-6-18-7-5-15)14-19-12-8-10(16)11(17)9-13(12)20-14/h8-9,18H,2-7H2,1H3,(H,19,20). The monoisotopic (exact) mass is 339 g/mol. The van der Waals surface area contributed by atoms with Gasteiger partial charge in [-0.05, 0) is 54.3 Å². The van der Waals surface area contributed by atoms with Gasteiger partial charge >= 0.3 is 0 Å². The van der Waals surface area contributed by atoms with E-state index in [2.05, 4.69) is 33.2 Å². The molecule has 3 rings (SSSR count). The van der Waals surface area contributed by atoms with E-state index in [4.69, 9.17) is 4.98 Å². The van der Waals surface area contributed by atoms with E-state index in [9.17, 15) is 4.39 Å². The highest BCUT2D eigenvalue weighted by atomic mass is 79.9. The van der Waals surface area contributed by atoms with Crippen molar-refractivity contribution in [3.05, 3.63) is 28.2 Å². The van der Waals surface area contributed by atoms with E-state index in [0.717, 1.165) is 55.6 Å². The van der Waals surface area contributed by atoms with E-state index < -0.39 is 0 Å². The number of aromatic nitrogens is 2. The number of fused-ring (bicyclic) bond motifs is 1. The van der Waals surface area contributed by atoms with Gasteiger partial charge in [0.05, 0.1) is 15.5 Å². The number of imidazole rings is 1. The summed E-state index contributed by atoms with van der Waals surface area (Å²) in [7, 11) is 0. The van der Waals surface area contributed by atoms with Crippen LogP contribution in [0.5, 0.6) is 0 Å². The summed E-state index contributed by atoms with van der Waals surface area (Å²) in [6.45, 7) is 4.26. The molecule has 1 fully saturated rings. The van der Waals surface area contributed by atoms with Gasteiger partial charge < -0.3 is 10.3 Å². The van der Waals surface area contributed by atoms with Gasteiger partial charge in [0.1, 0.15) is 11.6 Å². The van der Waals surface area contributed by atoms with Gasteiger partial charge in [0.25, 0.3) is 0 Å². The van der Waals surface area contributed by atoms with Gasteiger partial charge in [0.15, 0.2) is 0 Å². The molecule has 0 aliphatic carbocycles. The zero-order chi connectivity index (χ0) is 14.2. The lowest BCUT2D eigenvalue weighted by molar-refractivity contribution is 0.273. The van der Waals surface area contributed by atoms with Crippen molar-refractivity contribution >= 4 is 27.0 Å². The number of H-pyrrole nitrogens is 1. The summed E-state index contributed by atoms with van der Waals surface area (Å²) in [5, 5.41) is 3.41. The van der Waals surface area contributed by atoms with Gasteiger partial charge in [-0.2, -0.15) is 0 Å². The summed E-state index contributed by atoms with van der Waals surface area (Å²) in [5.74, 6) is 0.774. The maximum absolute atomic E-state index is 13.6. The zero-order valence-corrected chi connectivity index (χ0v) is 13.2. The number of nitrogens with zero attached hydrogens (tertiary/aromatic N) is 1. The quantitative estimate of drug-likeness (QED) is 0.890. The fraction of sp³-hybridized carbons (Fsp3) is 0.533. The highest BCUT2D eigenvalue weighted by Gasteiger charge is 2.35. The molecule has 1 aromatic heterocycles. The van der Waals surface area contributed by atoms with Crippen LogP contribution in [0.4, 0.5) is 4.39 Å². The van der Waals surface area contributed by atoms with Gasteiger partial charge in [0.2, 0.25) is 0 Å². The Morgan fingerprint density at radius 2 is 2.10 bits per heavy atom. The van der Waals surface area contributed by atoms with E-state index in [-0.39, 0.29) is 11.2 Å². The predicted molar refractivity (Wildman–Crippen MR) is 82.4 cm³/mol. The van der Waals surface area contributed by atoms with Crippen LogP contribution in [0, 0.1) is 5.82 Å². The lowest BCUT2D eigenvalue weighted by atomic mass is 9.75. The molecule has 0 bridgehead atoms. The summed E-state index contributed by atoms with van der Waals surface area (Å²) < 4.78 is 14.1. The molecule has 2 aromatic rings. The Morgan fingerprint density at radius 1 is 1.35 bits per heavy atom. The molecule has 5 heteroatoms. The van der Waals surface area contributed by atoms with Crippen LogP contribution in [-0.2, 0) is 5.41 Å². The predicted octanol–water partition coefficient (Wildman–Crippen LogP) is 3.89. The Kier molecular flexibility index (Phi) is 3.82. The van der Waals surface area contributed by atoms with Crippen molar-refractivity contribution in [2.24, 2.45) is 0 Å². The third kappa shape index (κ3) is 2.37. The van der Waals surface area contributed by atoms with E-state index in [1.54, 1.807) is 6.07 Å². The van der Waals surface area contributed by atoms with Crippen LogP contribution in [0.2, 0.25) is 0 Å². The minimum atomic E-state index is -0.248. The summed E-state index contributed by atoms with van der Waals surface area (Å²) in [6.07, 6.45) is 4.43. The van der Waals surface area contributed by atoms with Gasteiger partial charge in [0, 0.05) is 11.5 Å². The second kappa shape index (κ2) is 5.45. The SMILES string of the molecule is CCCC1(c2nc3cc(Br)c(F)cc3[nH]2)CCNCC1. The van der Waals surface area contributed by atoms with E-state index >= 15 is 0 Å². The van der Waals surface area contributed by atoms with E-state index in [1.165, 1.54) is 6.07 Å². The average molecular weight is 340 g/mol. The average Bonchev–Trinajstić information content (AvgIpc) is 2.84. The van der Waals surface area contributed by atoms with Crippen molar-refractivity contribution in [3.8, 4) is 0 Å². The summed E-state index contributed by atoms with van der Waals surface area (Å²) in [5.41, 5.74) is 1.74. The van der Waals surface area contributed by atoms with Gasteiger partial charge in [-0.1, -0.05) is 13.3 Å². The van der Waals surface area contributed by atoms with Crippen LogP contribution in [0.1, 0.15) is 38.4 Å². The number of nitrogens with one attached hydrogen (secondary N) is 2. The minimum Gasteiger partial charge on any atom is -0.341 e. The van der Waals surface area contributed by atoms with Crippen LogP contribution < -0.4 is 5.32 Å². The molecule has 0 saturated carbocycles. The largest absolute Gasteiger partial charge is 0.341 e. The smallest absolute Gasteiger partial charge is 0.139 e. The number of aromatic amines is 1. The van der Waals surface area contributed by atoms with Crippen molar-refractivity contribution in [2.45, 2.75) is 38.0 Å². The van der Waals surface area contributed by atoms with E-state index in [1.807, 2.05) is 0 Å². The lowest BCUT2D eigenvalue weighted by Crippen LogP contribution is -2.40. The first kappa shape index (κ1) is 14.0. The molecule has 2 N–H and O–H groups in total. The second-order valence-corrected chi connectivity index (χ2v) is 6.50. The molecule has 0 radical (unpaired) electrons. The number of rotatable bonds is 3. The first-order valence-corrected chi connectivity index (χ1v) is 8.00. The highest BCUT2D eigenvalue weighted by Crippen LogP contribution is 2.37. The van der Waals surface area contributed by atoms with Crippen LogP contribution in [0.3, 0.4) is 0 Å². The fourth-order valence-electron chi connectivity index (χ4n) is 3.25. The van der Waals surface area contributed by atoms with Crippen LogP contribution >= 0.6 is 15.9 Å². The number of hydrogen-bond acceptors (Lipinski definition) is 2. The van der Waals surface area contributed by atoms with Crippen molar-refractivity contribution in [3.63, 3.8) is 0 Å². The molecule has 0 unspecified atom stereocenters. The van der Waals surface area contributed by atoms with Gasteiger partial charge in [-0.3, -0.25) is 0 Å². The fourth-order valence-corrected chi connectivity index (χ4v) is 3.58. The summed E-state index contributed by atoms with van der Waals surface area (Å²) >= 11 is 3.23. The van der Waals surface area contributed by atoms with Crippen LogP contribution in [-0.4, -0.2) is 23.1 Å². The molecule has 1 aliphatic rings. The Morgan fingerprint density at radius 3 is 2.80 bits per heavy atom. The number of benzene rings is 1. The molecule has 0 spiro atoms. The maximum Gasteiger partial charge on any atom is 0.139 e. The minimum absolute atomic E-state index is 0.113. The molecule has 0 amide bonds. The molecule has 2 heterocycles. The number of hydrogen-bond donors (Lipinski definition) is 2. The highest BCUT2D eigenvalue weighted by molar-refractivity contribution is 9.10. The molecule has 1 aromatic carbocycles. The first-order valence-electron chi connectivity index (χ1n) is 7.20. The topological polar surface area (TPSA) is 40.7 Å². The lowest BCUT2D eigenvalue weighted by Gasteiger charge is -2.35. The Hall–Kier alpha value is -0.940. The Labute approximate surface area is 126 Å². The zero-order valence-electron chi connectivity index (χ0n) is 11.6. The second-order valence-electron chi connectivity index (χ2n) is 5.65. The number of halogens is 2. The van der Waals surface area contributed by atoms with Crippen molar-refractivity contribution in [2.75, 3.05) is 13.1 Å². The first-order chi connectivity index (χ1) is 9.64. The molecule has 108 valence electrons. The normalized spacial score (nSPS) is 18.6. The van der Waals surface area contributed by atoms with E-state index in [0.29, 0.717) is 4.47 Å². The van der Waals surface area contributed by atoms with Crippen LogP contribution in [0.25, 0.3) is 11.0 Å². The summed E-state index contributed by atoms with van der Waals surface area (Å²) in [4.78, 5) is 8.11. The molecule has 20 heavy (non-hydrogen) atoms. The Balaban J connectivity index is 2.06. The Bertz CT molecular complexity index is 572.